The number of benzene rings is 1. The number of hydrogen-bond acceptors (Lipinski definition) is 6. The lowest BCUT2D eigenvalue weighted by Gasteiger charge is -2.38. The molecule has 1 aromatic carbocycles. The van der Waals surface area contributed by atoms with Crippen LogP contribution in [0, 0.1) is 5.92 Å². The predicted molar refractivity (Wildman–Crippen MR) is 96.2 cm³/mol. The van der Waals surface area contributed by atoms with E-state index in [-0.39, 0.29) is 48.5 Å². The van der Waals surface area contributed by atoms with Crippen LogP contribution in [0.15, 0.2) is 35.1 Å². The molecule has 1 amide bonds. The van der Waals surface area contributed by atoms with Gasteiger partial charge < -0.3 is 16.2 Å². The summed E-state index contributed by atoms with van der Waals surface area (Å²) in [6.45, 7) is 0. The average Bonchev–Trinajstić information content (AvgIpc) is 2.58. The van der Waals surface area contributed by atoms with E-state index < -0.39 is 5.56 Å². The van der Waals surface area contributed by atoms with Crippen LogP contribution >= 0.6 is 0 Å². The summed E-state index contributed by atoms with van der Waals surface area (Å²) >= 11 is 0. The van der Waals surface area contributed by atoms with Crippen molar-refractivity contribution in [3.8, 4) is 0 Å². The Hall–Kier alpha value is -2.74. The summed E-state index contributed by atoms with van der Waals surface area (Å²) in [7, 11) is 0. The second kappa shape index (κ2) is 8.09. The first-order valence-corrected chi connectivity index (χ1v) is 8.74. The van der Waals surface area contributed by atoms with Crippen molar-refractivity contribution in [1.29, 1.82) is 0 Å². The molecule has 1 aliphatic rings. The van der Waals surface area contributed by atoms with E-state index >= 15 is 0 Å². The molecule has 0 saturated heterocycles. The summed E-state index contributed by atoms with van der Waals surface area (Å²) < 4.78 is 0. The lowest BCUT2D eigenvalue weighted by atomic mass is 9.75. The normalized spacial score (nSPS) is 20.2. The highest BCUT2D eigenvalue weighted by atomic mass is 16.3. The summed E-state index contributed by atoms with van der Waals surface area (Å²) in [5.41, 5.74) is 6.26. The Balaban J connectivity index is 1.58. The van der Waals surface area contributed by atoms with Crippen LogP contribution in [-0.4, -0.2) is 38.3 Å². The van der Waals surface area contributed by atoms with Crippen LogP contribution in [0.4, 0.5) is 5.95 Å². The number of aromatic nitrogens is 3. The maximum atomic E-state index is 12.4. The Bertz CT molecular complexity index is 802. The number of carbonyl (C=O) groups excluding carboxylic acids is 1. The topological polar surface area (TPSA) is 134 Å². The zero-order chi connectivity index (χ0) is 18.5. The second-order valence-electron chi connectivity index (χ2n) is 6.74. The average molecular weight is 357 g/mol. The molecule has 3 rings (SSSR count). The molecule has 138 valence electrons. The maximum absolute atomic E-state index is 12.4. The molecule has 0 unspecified atom stereocenters. The van der Waals surface area contributed by atoms with Gasteiger partial charge in [0, 0.05) is 18.9 Å². The Morgan fingerprint density at radius 1 is 1.31 bits per heavy atom. The predicted octanol–water partition coefficient (Wildman–Crippen LogP) is 0.178. The summed E-state index contributed by atoms with van der Waals surface area (Å²) in [5, 5.41) is 20.0. The van der Waals surface area contributed by atoms with E-state index in [1.54, 1.807) is 0 Å². The first-order valence-electron chi connectivity index (χ1n) is 8.74. The molecule has 26 heavy (non-hydrogen) atoms. The lowest BCUT2D eigenvalue weighted by molar-refractivity contribution is -0.122. The number of carbonyl (C=O) groups is 1. The molecule has 1 aliphatic carbocycles. The number of H-pyrrole nitrogens is 1. The van der Waals surface area contributed by atoms with Crippen molar-refractivity contribution in [1.82, 2.24) is 20.5 Å². The fourth-order valence-corrected chi connectivity index (χ4v) is 3.21. The van der Waals surface area contributed by atoms with Crippen LogP contribution < -0.4 is 16.6 Å². The Kier molecular flexibility index (Phi) is 5.62. The maximum Gasteiger partial charge on any atom is 0.274 e. The van der Waals surface area contributed by atoms with Crippen molar-refractivity contribution in [2.45, 2.75) is 44.2 Å². The molecule has 2 aromatic rings. The zero-order valence-corrected chi connectivity index (χ0v) is 14.4. The number of nitrogens with zero attached hydrogens (tertiary/aromatic N) is 2. The number of nitrogens with one attached hydrogen (secondary N) is 2. The van der Waals surface area contributed by atoms with Gasteiger partial charge in [-0.25, -0.2) is 0 Å². The fourth-order valence-electron chi connectivity index (χ4n) is 3.21. The van der Waals surface area contributed by atoms with Crippen molar-refractivity contribution in [2.24, 2.45) is 5.92 Å². The van der Waals surface area contributed by atoms with Gasteiger partial charge >= 0.3 is 0 Å². The van der Waals surface area contributed by atoms with Gasteiger partial charge in [-0.3, -0.25) is 14.6 Å². The van der Waals surface area contributed by atoms with Crippen molar-refractivity contribution >= 4 is 11.9 Å². The van der Waals surface area contributed by atoms with Gasteiger partial charge in [-0.1, -0.05) is 30.3 Å². The van der Waals surface area contributed by atoms with Crippen molar-refractivity contribution < 1.29 is 9.90 Å². The minimum atomic E-state index is -0.423. The summed E-state index contributed by atoms with van der Waals surface area (Å²) in [6.07, 6.45) is 2.16. The molecule has 1 fully saturated rings. The van der Waals surface area contributed by atoms with Gasteiger partial charge in [0.15, 0.2) is 0 Å². The minimum absolute atomic E-state index is 0.0379. The highest BCUT2D eigenvalue weighted by Gasteiger charge is 2.34. The highest BCUT2D eigenvalue weighted by Crippen LogP contribution is 2.31. The SMILES string of the molecule is Nc1nnc(CCC(=O)N[C@@H](Cc2ccccc2)C2CC(O)C2)c(=O)[nH]1. The highest BCUT2D eigenvalue weighted by molar-refractivity contribution is 5.76. The van der Waals surface area contributed by atoms with Gasteiger partial charge in [-0.05, 0) is 30.7 Å². The summed E-state index contributed by atoms with van der Waals surface area (Å²) in [4.78, 5) is 26.4. The molecular weight excluding hydrogens is 334 g/mol. The molecule has 5 N–H and O–H groups in total. The van der Waals surface area contributed by atoms with Crippen LogP contribution in [0.3, 0.4) is 0 Å². The van der Waals surface area contributed by atoms with E-state index in [1.807, 2.05) is 30.3 Å². The largest absolute Gasteiger partial charge is 0.393 e. The molecule has 8 heteroatoms. The first kappa shape index (κ1) is 18.1. The molecule has 0 bridgehead atoms. The Labute approximate surface area is 150 Å². The van der Waals surface area contributed by atoms with Gasteiger partial charge in [0.25, 0.3) is 5.56 Å². The Morgan fingerprint density at radius 3 is 2.69 bits per heavy atom. The second-order valence-corrected chi connectivity index (χ2v) is 6.74. The van der Waals surface area contributed by atoms with Gasteiger partial charge in [-0.15, -0.1) is 10.2 Å². The van der Waals surface area contributed by atoms with Crippen LogP contribution in [-0.2, 0) is 17.6 Å². The van der Waals surface area contributed by atoms with Gasteiger partial charge in [0.2, 0.25) is 11.9 Å². The number of rotatable bonds is 7. The first-order chi connectivity index (χ1) is 12.5. The Morgan fingerprint density at radius 2 is 2.04 bits per heavy atom. The molecule has 1 saturated carbocycles. The van der Waals surface area contributed by atoms with Crippen LogP contribution in [0.25, 0.3) is 0 Å². The minimum Gasteiger partial charge on any atom is -0.393 e. The smallest absolute Gasteiger partial charge is 0.274 e. The molecule has 1 heterocycles. The fraction of sp³-hybridized carbons (Fsp3) is 0.444. The molecule has 0 spiro atoms. The number of amides is 1. The van der Waals surface area contributed by atoms with Crippen molar-refractivity contribution in [2.75, 3.05) is 5.73 Å². The van der Waals surface area contributed by atoms with Gasteiger partial charge in [0.1, 0.15) is 5.69 Å². The standard InChI is InChI=1S/C18H23N5O3/c19-18-21-17(26)14(22-23-18)6-7-16(25)20-15(12-9-13(24)10-12)8-11-4-2-1-3-5-11/h1-5,12-13,15,24H,6-10H2,(H,20,25)(H3,19,21,23,26)/t12?,13?,15-/m0/s1. The molecule has 8 nitrogen and oxygen atoms in total. The summed E-state index contributed by atoms with van der Waals surface area (Å²) in [6, 6.07) is 9.90. The third-order valence-corrected chi connectivity index (χ3v) is 4.73. The number of aliphatic hydroxyl groups is 1. The van der Waals surface area contributed by atoms with Gasteiger partial charge in [0.05, 0.1) is 6.10 Å². The quantitative estimate of drug-likeness (QED) is 0.558. The van der Waals surface area contributed by atoms with Crippen LogP contribution in [0.1, 0.15) is 30.5 Å². The lowest BCUT2D eigenvalue weighted by Crippen LogP contribution is -2.48. The monoisotopic (exact) mass is 357 g/mol. The van der Waals surface area contributed by atoms with E-state index in [0.29, 0.717) is 19.3 Å². The molecule has 0 aliphatic heterocycles. The third kappa shape index (κ3) is 4.66. The third-order valence-electron chi connectivity index (χ3n) is 4.73. The van der Waals surface area contributed by atoms with Crippen molar-refractivity contribution in [3.63, 3.8) is 0 Å². The van der Waals surface area contributed by atoms with E-state index in [2.05, 4.69) is 20.5 Å². The van der Waals surface area contributed by atoms with E-state index in [1.165, 1.54) is 0 Å². The van der Waals surface area contributed by atoms with E-state index in [0.717, 1.165) is 5.56 Å². The van der Waals surface area contributed by atoms with Gasteiger partial charge in [-0.2, -0.15) is 0 Å². The zero-order valence-electron chi connectivity index (χ0n) is 14.4. The number of nitrogen functional groups attached to an aromatic ring is 1. The molecule has 1 aromatic heterocycles. The molecular formula is C18H23N5O3. The number of anilines is 1. The number of aryl methyl sites for hydroxylation is 1. The van der Waals surface area contributed by atoms with E-state index in [4.69, 9.17) is 5.73 Å². The number of aromatic amines is 1. The van der Waals surface area contributed by atoms with Crippen LogP contribution in [0.2, 0.25) is 0 Å². The number of aliphatic hydroxyl groups excluding tert-OH is 1. The van der Waals surface area contributed by atoms with E-state index in [9.17, 15) is 14.7 Å². The number of nitrogens with two attached hydrogens (primary N) is 1. The number of hydrogen-bond donors (Lipinski definition) is 4. The summed E-state index contributed by atoms with van der Waals surface area (Å²) in [5.74, 6) is 0.0638. The molecule has 0 radical (unpaired) electrons. The van der Waals surface area contributed by atoms with Crippen LogP contribution in [0.5, 0.6) is 0 Å². The van der Waals surface area contributed by atoms with Crippen molar-refractivity contribution in [3.05, 3.63) is 51.9 Å². The molecule has 1 atom stereocenters.